The summed E-state index contributed by atoms with van der Waals surface area (Å²) in [6.45, 7) is 0.870. The Balaban J connectivity index is 2.06. The van der Waals surface area contributed by atoms with Gasteiger partial charge >= 0.3 is 0 Å². The van der Waals surface area contributed by atoms with Crippen LogP contribution in [0.5, 0.6) is 11.5 Å². The minimum Gasteiger partial charge on any atom is -0.495 e. The number of hydrogen-bond donors (Lipinski definition) is 1. The molecule has 0 aliphatic carbocycles. The van der Waals surface area contributed by atoms with Gasteiger partial charge in [0.25, 0.3) is 0 Å². The Morgan fingerprint density at radius 1 is 1.19 bits per heavy atom. The van der Waals surface area contributed by atoms with Crippen molar-refractivity contribution in [2.24, 2.45) is 0 Å². The zero-order chi connectivity index (χ0) is 15.1. The Hall–Kier alpha value is -2.31. The van der Waals surface area contributed by atoms with E-state index in [2.05, 4.69) is 11.2 Å². The molecule has 2 aromatic rings. The summed E-state index contributed by atoms with van der Waals surface area (Å²) in [5, 5.41) is 3.87. The van der Waals surface area contributed by atoms with Crippen molar-refractivity contribution < 1.29 is 9.47 Å². The van der Waals surface area contributed by atoms with Crippen LogP contribution < -0.4 is 14.8 Å². The van der Waals surface area contributed by atoms with Gasteiger partial charge in [0.15, 0.2) is 0 Å². The molecule has 0 spiro atoms. The second-order valence-corrected chi connectivity index (χ2v) is 4.71. The van der Waals surface area contributed by atoms with Gasteiger partial charge in [-0.25, -0.2) is 0 Å². The fraction of sp³-hybridized carbons (Fsp3) is 0.176. The number of rotatable bonds is 6. The third-order valence-electron chi connectivity index (χ3n) is 2.92. The molecular weight excluding hydrogens is 286 g/mol. The first-order chi connectivity index (χ1) is 10.2. The normalized spacial score (nSPS) is 9.76. The largest absolute Gasteiger partial charge is 0.495 e. The molecule has 0 fully saturated rings. The fourth-order valence-corrected chi connectivity index (χ4v) is 2.14. The molecule has 0 atom stereocenters. The van der Waals surface area contributed by atoms with E-state index in [-0.39, 0.29) is 6.61 Å². The number of anilines is 1. The lowest BCUT2D eigenvalue weighted by atomic mass is 10.2. The zero-order valence-corrected chi connectivity index (χ0v) is 12.5. The predicted molar refractivity (Wildman–Crippen MR) is 86.1 cm³/mol. The van der Waals surface area contributed by atoms with Crippen molar-refractivity contribution in [1.82, 2.24) is 0 Å². The van der Waals surface area contributed by atoms with Crippen molar-refractivity contribution >= 4 is 17.3 Å². The third-order valence-corrected chi connectivity index (χ3v) is 3.21. The van der Waals surface area contributed by atoms with E-state index in [0.29, 0.717) is 17.3 Å². The van der Waals surface area contributed by atoms with Crippen LogP contribution >= 0.6 is 11.6 Å². The Bertz CT molecular complexity index is 649. The van der Waals surface area contributed by atoms with Crippen LogP contribution in [-0.4, -0.2) is 13.7 Å². The van der Waals surface area contributed by atoms with E-state index in [1.807, 2.05) is 42.5 Å². The molecule has 0 unspecified atom stereocenters. The van der Waals surface area contributed by atoms with Crippen LogP contribution in [0, 0.1) is 12.3 Å². The van der Waals surface area contributed by atoms with E-state index in [1.54, 1.807) is 7.11 Å². The molecule has 0 aliphatic heterocycles. The Labute approximate surface area is 129 Å². The molecule has 3 nitrogen and oxygen atoms in total. The van der Waals surface area contributed by atoms with Crippen LogP contribution in [-0.2, 0) is 6.54 Å². The Morgan fingerprint density at radius 2 is 2.00 bits per heavy atom. The minimum atomic E-state index is 0.255. The minimum absolute atomic E-state index is 0.255. The number of ether oxygens (including phenoxy) is 2. The van der Waals surface area contributed by atoms with Crippen molar-refractivity contribution in [2.45, 2.75) is 6.54 Å². The highest BCUT2D eigenvalue weighted by Gasteiger charge is 2.04. The lowest BCUT2D eigenvalue weighted by molar-refractivity contribution is 0.366. The summed E-state index contributed by atoms with van der Waals surface area (Å²) in [7, 11) is 1.59. The van der Waals surface area contributed by atoms with E-state index < -0.39 is 0 Å². The van der Waals surface area contributed by atoms with Crippen molar-refractivity contribution in [3.05, 3.63) is 53.1 Å². The molecule has 0 saturated carbocycles. The molecule has 0 aliphatic rings. The van der Waals surface area contributed by atoms with E-state index in [0.717, 1.165) is 17.0 Å². The van der Waals surface area contributed by atoms with Crippen LogP contribution in [0.4, 0.5) is 5.69 Å². The quantitative estimate of drug-likeness (QED) is 0.819. The molecule has 0 radical (unpaired) electrons. The molecule has 0 saturated heterocycles. The SMILES string of the molecule is C#CCOc1ccccc1CNc1ccc(OC)c(Cl)c1. The number of benzene rings is 2. The van der Waals surface area contributed by atoms with Crippen LogP contribution in [0.2, 0.25) is 5.02 Å². The third kappa shape index (κ3) is 4.08. The number of halogens is 1. The molecule has 1 N–H and O–H groups in total. The highest BCUT2D eigenvalue weighted by molar-refractivity contribution is 6.32. The predicted octanol–water partition coefficient (Wildman–Crippen LogP) is 3.97. The van der Waals surface area contributed by atoms with Gasteiger partial charge in [-0.2, -0.15) is 0 Å². The summed E-state index contributed by atoms with van der Waals surface area (Å²) in [5.74, 6) is 3.90. The molecule has 2 rings (SSSR count). The van der Waals surface area contributed by atoms with Crippen molar-refractivity contribution in [1.29, 1.82) is 0 Å². The zero-order valence-electron chi connectivity index (χ0n) is 11.7. The van der Waals surface area contributed by atoms with Crippen LogP contribution in [0.3, 0.4) is 0 Å². The maximum Gasteiger partial charge on any atom is 0.148 e. The Morgan fingerprint density at radius 3 is 2.71 bits per heavy atom. The molecule has 0 amide bonds. The first-order valence-electron chi connectivity index (χ1n) is 6.46. The van der Waals surface area contributed by atoms with E-state index >= 15 is 0 Å². The average molecular weight is 302 g/mol. The second kappa shape index (κ2) is 7.47. The molecular formula is C17H16ClNO2. The topological polar surface area (TPSA) is 30.5 Å². The number of hydrogen-bond acceptors (Lipinski definition) is 3. The molecule has 2 aromatic carbocycles. The number of para-hydroxylation sites is 1. The smallest absolute Gasteiger partial charge is 0.148 e. The van der Waals surface area contributed by atoms with E-state index in [1.165, 1.54) is 0 Å². The van der Waals surface area contributed by atoms with E-state index in [4.69, 9.17) is 27.5 Å². The second-order valence-electron chi connectivity index (χ2n) is 4.30. The van der Waals surface area contributed by atoms with Crippen molar-refractivity contribution in [3.63, 3.8) is 0 Å². The number of nitrogens with one attached hydrogen (secondary N) is 1. The monoisotopic (exact) mass is 301 g/mol. The highest BCUT2D eigenvalue weighted by Crippen LogP contribution is 2.28. The Kier molecular flexibility index (Phi) is 5.36. The maximum atomic E-state index is 6.10. The van der Waals surface area contributed by atoms with Gasteiger partial charge in [-0.3, -0.25) is 0 Å². The van der Waals surface area contributed by atoms with E-state index in [9.17, 15) is 0 Å². The van der Waals surface area contributed by atoms with Gasteiger partial charge in [0.1, 0.15) is 18.1 Å². The van der Waals surface area contributed by atoms with Crippen LogP contribution in [0.15, 0.2) is 42.5 Å². The molecule has 21 heavy (non-hydrogen) atoms. The first kappa shape index (κ1) is 15.1. The molecule has 0 heterocycles. The fourth-order valence-electron chi connectivity index (χ4n) is 1.88. The lowest BCUT2D eigenvalue weighted by Gasteiger charge is -2.12. The molecule has 0 aromatic heterocycles. The van der Waals surface area contributed by atoms with Gasteiger partial charge in [0.05, 0.1) is 12.1 Å². The molecule has 0 bridgehead atoms. The van der Waals surface area contributed by atoms with Gasteiger partial charge in [-0.1, -0.05) is 35.7 Å². The van der Waals surface area contributed by atoms with Gasteiger partial charge in [-0.15, -0.1) is 6.42 Å². The number of methoxy groups -OCH3 is 1. The van der Waals surface area contributed by atoms with Gasteiger partial charge in [0, 0.05) is 17.8 Å². The summed E-state index contributed by atoms with van der Waals surface area (Å²) in [5.41, 5.74) is 1.94. The summed E-state index contributed by atoms with van der Waals surface area (Å²) < 4.78 is 10.6. The first-order valence-corrected chi connectivity index (χ1v) is 6.84. The van der Waals surface area contributed by atoms with Crippen molar-refractivity contribution in [3.8, 4) is 23.8 Å². The van der Waals surface area contributed by atoms with Crippen LogP contribution in [0.1, 0.15) is 5.56 Å². The van der Waals surface area contributed by atoms with Gasteiger partial charge < -0.3 is 14.8 Å². The van der Waals surface area contributed by atoms with Gasteiger partial charge in [-0.05, 0) is 24.3 Å². The molecule has 4 heteroatoms. The lowest BCUT2D eigenvalue weighted by Crippen LogP contribution is -2.03. The summed E-state index contributed by atoms with van der Waals surface area (Å²) in [4.78, 5) is 0. The summed E-state index contributed by atoms with van der Waals surface area (Å²) in [6.07, 6.45) is 5.22. The summed E-state index contributed by atoms with van der Waals surface area (Å²) in [6, 6.07) is 13.3. The maximum absolute atomic E-state index is 6.10. The van der Waals surface area contributed by atoms with Gasteiger partial charge in [0.2, 0.25) is 0 Å². The average Bonchev–Trinajstić information content (AvgIpc) is 2.52. The summed E-state index contributed by atoms with van der Waals surface area (Å²) >= 11 is 6.10. The standard InChI is InChI=1S/C17H16ClNO2/c1-3-10-21-16-7-5-4-6-13(16)12-19-14-8-9-17(20-2)15(18)11-14/h1,4-9,11,19H,10,12H2,2H3. The van der Waals surface area contributed by atoms with Crippen molar-refractivity contribution in [2.75, 3.05) is 19.0 Å². The number of terminal acetylenes is 1. The highest BCUT2D eigenvalue weighted by atomic mass is 35.5. The molecule has 108 valence electrons. The van der Waals surface area contributed by atoms with Crippen LogP contribution in [0.25, 0.3) is 0 Å².